The molecule has 126 valence electrons. The molecule has 0 saturated carbocycles. The summed E-state index contributed by atoms with van der Waals surface area (Å²) >= 11 is 9.61. The molecule has 1 atom stereocenters. The van der Waals surface area contributed by atoms with Crippen molar-refractivity contribution in [3.05, 3.63) is 50.5 Å². The number of hydrogen-bond donors (Lipinski definition) is 0. The number of methoxy groups -OCH3 is 3. The van der Waals surface area contributed by atoms with Gasteiger partial charge >= 0.3 is 0 Å². The predicted octanol–water partition coefficient (Wildman–Crippen LogP) is 4.85. The van der Waals surface area contributed by atoms with Gasteiger partial charge in [0.2, 0.25) is 0 Å². The molecule has 0 spiro atoms. The maximum atomic E-state index is 12.5. The molecular formula is C18H16BrClO4. The average molecular weight is 412 g/mol. The number of halogens is 2. The zero-order valence-corrected chi connectivity index (χ0v) is 15.8. The Bertz CT molecular complexity index is 819. The molecule has 24 heavy (non-hydrogen) atoms. The summed E-state index contributed by atoms with van der Waals surface area (Å²) in [7, 11) is 4.72. The van der Waals surface area contributed by atoms with Gasteiger partial charge in [0.05, 0.1) is 30.8 Å². The van der Waals surface area contributed by atoms with Crippen molar-refractivity contribution in [3.63, 3.8) is 0 Å². The minimum Gasteiger partial charge on any atom is -0.495 e. The molecule has 0 bridgehead atoms. The molecule has 2 aromatic carbocycles. The molecule has 0 heterocycles. The van der Waals surface area contributed by atoms with Crippen LogP contribution in [-0.2, 0) is 0 Å². The third kappa shape index (κ3) is 2.66. The second-order valence-corrected chi connectivity index (χ2v) is 6.66. The van der Waals surface area contributed by atoms with Crippen molar-refractivity contribution >= 4 is 33.3 Å². The van der Waals surface area contributed by atoms with E-state index in [9.17, 15) is 4.79 Å². The van der Waals surface area contributed by atoms with Crippen LogP contribution in [0.1, 0.15) is 33.8 Å². The minimum absolute atomic E-state index is 0.0732. The molecule has 0 aliphatic heterocycles. The number of fused-ring (bicyclic) bond motifs is 1. The predicted molar refractivity (Wildman–Crippen MR) is 96.0 cm³/mol. The first kappa shape index (κ1) is 17.1. The van der Waals surface area contributed by atoms with Gasteiger partial charge in [-0.15, -0.1) is 0 Å². The van der Waals surface area contributed by atoms with Crippen LogP contribution in [0.2, 0.25) is 5.02 Å². The molecule has 1 aliphatic rings. The van der Waals surface area contributed by atoms with E-state index in [1.165, 1.54) is 0 Å². The van der Waals surface area contributed by atoms with Crippen LogP contribution in [0.3, 0.4) is 0 Å². The summed E-state index contributed by atoms with van der Waals surface area (Å²) in [5.41, 5.74) is 2.48. The summed E-state index contributed by atoms with van der Waals surface area (Å²) in [6.07, 6.45) is 0.371. The fourth-order valence-corrected chi connectivity index (χ4v) is 3.81. The smallest absolute Gasteiger partial charge is 0.164 e. The molecule has 0 aromatic heterocycles. The van der Waals surface area contributed by atoms with Crippen molar-refractivity contribution in [2.75, 3.05) is 21.3 Å². The number of ether oxygens (including phenoxy) is 3. The largest absolute Gasteiger partial charge is 0.495 e. The topological polar surface area (TPSA) is 44.8 Å². The summed E-state index contributed by atoms with van der Waals surface area (Å²) in [4.78, 5) is 12.5. The van der Waals surface area contributed by atoms with E-state index in [0.717, 1.165) is 11.1 Å². The van der Waals surface area contributed by atoms with Gasteiger partial charge in [-0.05, 0) is 39.7 Å². The monoisotopic (exact) mass is 410 g/mol. The van der Waals surface area contributed by atoms with Gasteiger partial charge in [-0.2, -0.15) is 0 Å². The molecule has 2 aromatic rings. The van der Waals surface area contributed by atoms with Crippen molar-refractivity contribution in [2.24, 2.45) is 0 Å². The first-order chi connectivity index (χ1) is 11.5. The summed E-state index contributed by atoms with van der Waals surface area (Å²) < 4.78 is 16.9. The number of benzene rings is 2. The Balaban J connectivity index is 2.18. The van der Waals surface area contributed by atoms with Gasteiger partial charge in [0, 0.05) is 23.5 Å². The van der Waals surface area contributed by atoms with Crippen LogP contribution in [0.4, 0.5) is 0 Å². The Kier molecular flexibility index (Phi) is 4.74. The summed E-state index contributed by atoms with van der Waals surface area (Å²) in [6, 6.07) is 7.31. The molecule has 0 fully saturated rings. The molecular weight excluding hydrogens is 396 g/mol. The Morgan fingerprint density at radius 1 is 1.04 bits per heavy atom. The first-order valence-electron chi connectivity index (χ1n) is 7.32. The normalized spacial score (nSPS) is 16.0. The highest BCUT2D eigenvalue weighted by molar-refractivity contribution is 9.10. The number of carbonyl (C=O) groups is 1. The maximum Gasteiger partial charge on any atom is 0.164 e. The van der Waals surface area contributed by atoms with Crippen LogP contribution in [0.5, 0.6) is 17.2 Å². The lowest BCUT2D eigenvalue weighted by Gasteiger charge is -2.18. The highest BCUT2D eigenvalue weighted by Crippen LogP contribution is 2.48. The molecule has 0 N–H and O–H groups in total. The highest BCUT2D eigenvalue weighted by Gasteiger charge is 2.34. The highest BCUT2D eigenvalue weighted by atomic mass is 79.9. The summed E-state index contributed by atoms with van der Waals surface area (Å²) in [6.45, 7) is 0. The Hall–Kier alpha value is -1.72. The molecule has 0 saturated heterocycles. The molecule has 0 radical (unpaired) electrons. The Labute approximate surface area is 153 Å². The minimum atomic E-state index is -0.115. The van der Waals surface area contributed by atoms with Crippen LogP contribution in [0, 0.1) is 0 Å². The molecule has 4 nitrogen and oxygen atoms in total. The molecule has 1 aliphatic carbocycles. The van der Waals surface area contributed by atoms with E-state index in [1.54, 1.807) is 33.5 Å². The van der Waals surface area contributed by atoms with Gasteiger partial charge in [0.25, 0.3) is 0 Å². The second kappa shape index (κ2) is 6.65. The van der Waals surface area contributed by atoms with Crippen molar-refractivity contribution in [3.8, 4) is 17.2 Å². The zero-order chi connectivity index (χ0) is 17.4. The van der Waals surface area contributed by atoms with Crippen molar-refractivity contribution in [1.29, 1.82) is 0 Å². The maximum absolute atomic E-state index is 12.5. The SMILES string of the molecule is COc1cc2c(cc1OC)C(c1ccc(Cl)c(Br)c1OC)CC2=O. The summed E-state index contributed by atoms with van der Waals surface area (Å²) in [5.74, 6) is 1.75. The van der Waals surface area contributed by atoms with Gasteiger partial charge < -0.3 is 14.2 Å². The lowest BCUT2D eigenvalue weighted by Crippen LogP contribution is -2.02. The summed E-state index contributed by atoms with van der Waals surface area (Å²) in [5, 5.41) is 0.562. The van der Waals surface area contributed by atoms with Gasteiger partial charge in [-0.3, -0.25) is 4.79 Å². The van der Waals surface area contributed by atoms with E-state index >= 15 is 0 Å². The number of Topliss-reactive ketones (excluding diaryl/α,β-unsaturated/α-hetero) is 1. The van der Waals surface area contributed by atoms with E-state index in [-0.39, 0.29) is 11.7 Å². The van der Waals surface area contributed by atoms with Gasteiger partial charge in [-0.25, -0.2) is 0 Å². The molecule has 6 heteroatoms. The zero-order valence-electron chi connectivity index (χ0n) is 13.5. The van der Waals surface area contributed by atoms with Crippen LogP contribution in [0.15, 0.2) is 28.7 Å². The van der Waals surface area contributed by atoms with Crippen molar-refractivity contribution in [1.82, 2.24) is 0 Å². The van der Waals surface area contributed by atoms with E-state index in [4.69, 9.17) is 25.8 Å². The Morgan fingerprint density at radius 2 is 1.71 bits per heavy atom. The number of rotatable bonds is 4. The lowest BCUT2D eigenvalue weighted by molar-refractivity contribution is 0.0991. The van der Waals surface area contributed by atoms with E-state index in [2.05, 4.69) is 15.9 Å². The van der Waals surface area contributed by atoms with E-state index in [0.29, 0.717) is 38.7 Å². The van der Waals surface area contributed by atoms with Crippen LogP contribution >= 0.6 is 27.5 Å². The first-order valence-corrected chi connectivity index (χ1v) is 8.49. The third-order valence-corrected chi connectivity index (χ3v) is 5.61. The number of carbonyl (C=O) groups excluding carboxylic acids is 1. The Morgan fingerprint density at radius 3 is 2.33 bits per heavy atom. The molecule has 3 rings (SSSR count). The fraction of sp³-hybridized carbons (Fsp3) is 0.278. The lowest BCUT2D eigenvalue weighted by atomic mass is 9.92. The van der Waals surface area contributed by atoms with E-state index in [1.807, 2.05) is 12.1 Å². The van der Waals surface area contributed by atoms with Crippen molar-refractivity contribution < 1.29 is 19.0 Å². The van der Waals surface area contributed by atoms with E-state index < -0.39 is 0 Å². The van der Waals surface area contributed by atoms with Gasteiger partial charge in [-0.1, -0.05) is 17.7 Å². The third-order valence-electron chi connectivity index (χ3n) is 4.28. The second-order valence-electron chi connectivity index (χ2n) is 5.46. The van der Waals surface area contributed by atoms with Crippen LogP contribution < -0.4 is 14.2 Å². The van der Waals surface area contributed by atoms with Crippen molar-refractivity contribution in [2.45, 2.75) is 12.3 Å². The standard InChI is InChI=1S/C18H16BrClO4/c1-22-15-7-11-10(6-14(21)12(11)8-16(15)23-2)9-4-5-13(20)17(19)18(9)24-3/h4-5,7-8,10H,6H2,1-3H3. The molecule has 0 amide bonds. The van der Waals surface area contributed by atoms with Crippen LogP contribution in [0.25, 0.3) is 0 Å². The van der Waals surface area contributed by atoms with Gasteiger partial charge in [0.15, 0.2) is 17.3 Å². The number of ketones is 1. The van der Waals surface area contributed by atoms with Crippen LogP contribution in [-0.4, -0.2) is 27.1 Å². The fourth-order valence-electron chi connectivity index (χ4n) is 3.14. The van der Waals surface area contributed by atoms with Gasteiger partial charge in [0.1, 0.15) is 5.75 Å². The molecule has 1 unspecified atom stereocenters. The quantitative estimate of drug-likeness (QED) is 0.722. The average Bonchev–Trinajstić information content (AvgIpc) is 2.91. The number of hydrogen-bond acceptors (Lipinski definition) is 4.